The van der Waals surface area contributed by atoms with Gasteiger partial charge in [0.05, 0.1) is 0 Å². The molecule has 1 heterocycles. The summed E-state index contributed by atoms with van der Waals surface area (Å²) in [5.41, 5.74) is 3.03. The molecule has 2 rings (SSSR count). The first-order valence-corrected chi connectivity index (χ1v) is 6.89. The zero-order valence-corrected chi connectivity index (χ0v) is 12.5. The van der Waals surface area contributed by atoms with E-state index in [4.69, 9.17) is 16.3 Å². The molecule has 4 heteroatoms. The van der Waals surface area contributed by atoms with Gasteiger partial charge in [0.1, 0.15) is 5.75 Å². The third-order valence-corrected chi connectivity index (χ3v) is 3.69. The molecule has 0 atom stereocenters. The summed E-state index contributed by atoms with van der Waals surface area (Å²) < 4.78 is 6.81. The lowest BCUT2D eigenvalue weighted by molar-refractivity contribution is 0.460. The Balaban J connectivity index is 2.27. The van der Waals surface area contributed by atoms with Crippen molar-refractivity contribution in [1.29, 1.82) is 0 Å². The van der Waals surface area contributed by atoms with Crippen molar-refractivity contribution < 1.29 is 4.74 Å². The van der Waals surface area contributed by atoms with Gasteiger partial charge < -0.3 is 4.74 Å². The molecule has 0 saturated carbocycles. The largest absolute Gasteiger partial charge is 0.439 e. The molecule has 0 fully saturated rings. The monoisotopic (exact) mass is 325 g/mol. The second-order valence-corrected chi connectivity index (χ2v) is 5.22. The molecule has 0 aliphatic heterocycles. The number of alkyl halides is 1. The van der Waals surface area contributed by atoms with E-state index in [1.54, 1.807) is 0 Å². The lowest BCUT2D eigenvalue weighted by Crippen LogP contribution is -1.93. The van der Waals surface area contributed by atoms with Crippen LogP contribution in [0.3, 0.4) is 0 Å². The van der Waals surface area contributed by atoms with Gasteiger partial charge in [0.25, 0.3) is 0 Å². The third-order valence-electron chi connectivity index (χ3n) is 2.50. The van der Waals surface area contributed by atoms with Crippen molar-refractivity contribution >= 4 is 27.5 Å². The number of nitrogens with zero attached hydrogens (tertiary/aromatic N) is 1. The average Bonchev–Trinajstić information content (AvgIpc) is 2.33. The zero-order chi connectivity index (χ0) is 13.1. The minimum absolute atomic E-state index is 0.457. The van der Waals surface area contributed by atoms with E-state index in [1.165, 1.54) is 0 Å². The van der Waals surface area contributed by atoms with Gasteiger partial charge in [-0.1, -0.05) is 15.9 Å². The average molecular weight is 327 g/mol. The smallest absolute Gasteiger partial charge is 0.219 e. The molecule has 1 aromatic heterocycles. The Kier molecular flexibility index (Phi) is 4.25. The Hall–Kier alpha value is -1.06. The second-order valence-electron chi connectivity index (χ2n) is 4.10. The third kappa shape index (κ3) is 3.24. The van der Waals surface area contributed by atoms with Crippen LogP contribution >= 0.6 is 27.5 Å². The number of pyridine rings is 1. The van der Waals surface area contributed by atoms with E-state index < -0.39 is 0 Å². The fourth-order valence-corrected chi connectivity index (χ4v) is 2.04. The van der Waals surface area contributed by atoms with Crippen LogP contribution < -0.4 is 4.74 Å². The highest BCUT2D eigenvalue weighted by Gasteiger charge is 2.04. The summed E-state index contributed by atoms with van der Waals surface area (Å²) in [6, 6.07) is 9.64. The highest BCUT2D eigenvalue weighted by molar-refractivity contribution is 9.10. The highest BCUT2D eigenvalue weighted by atomic mass is 79.9. The summed E-state index contributed by atoms with van der Waals surface area (Å²) >= 11 is 9.29. The van der Waals surface area contributed by atoms with Crippen molar-refractivity contribution in [3.63, 3.8) is 0 Å². The Labute approximate surface area is 120 Å². The minimum atomic E-state index is 0.457. The summed E-state index contributed by atoms with van der Waals surface area (Å²) in [4.78, 5) is 4.34. The molecule has 0 unspecified atom stereocenters. The molecule has 2 aromatic rings. The molecular weight excluding hydrogens is 314 g/mol. The van der Waals surface area contributed by atoms with Crippen molar-refractivity contribution in [2.75, 3.05) is 0 Å². The summed E-state index contributed by atoms with van der Waals surface area (Å²) in [5, 5.41) is 0. The van der Waals surface area contributed by atoms with Crippen LogP contribution in [-0.4, -0.2) is 4.98 Å². The van der Waals surface area contributed by atoms with E-state index in [-0.39, 0.29) is 0 Å². The van der Waals surface area contributed by atoms with Gasteiger partial charge in [0, 0.05) is 22.1 Å². The highest BCUT2D eigenvalue weighted by Crippen LogP contribution is 2.26. The normalized spacial score (nSPS) is 10.4. The molecule has 18 heavy (non-hydrogen) atoms. The molecule has 0 N–H and O–H groups in total. The van der Waals surface area contributed by atoms with E-state index in [0.717, 1.165) is 27.0 Å². The fraction of sp³-hybridized carbons (Fsp3) is 0.214. The first-order chi connectivity index (χ1) is 8.58. The number of halogens is 2. The van der Waals surface area contributed by atoms with Gasteiger partial charge in [0.2, 0.25) is 5.88 Å². The van der Waals surface area contributed by atoms with Crippen LogP contribution in [-0.2, 0) is 5.88 Å². The predicted octanol–water partition coefficient (Wildman–Crippen LogP) is 4.99. The lowest BCUT2D eigenvalue weighted by Gasteiger charge is -2.08. The molecule has 0 bridgehead atoms. The molecule has 1 aromatic carbocycles. The number of rotatable bonds is 3. The molecule has 0 saturated heterocycles. The van der Waals surface area contributed by atoms with Crippen LogP contribution in [0.15, 0.2) is 34.8 Å². The van der Waals surface area contributed by atoms with Crippen molar-refractivity contribution in [3.8, 4) is 11.6 Å². The number of aromatic nitrogens is 1. The van der Waals surface area contributed by atoms with Crippen LogP contribution in [0.4, 0.5) is 0 Å². The number of aryl methyl sites for hydroxylation is 2. The van der Waals surface area contributed by atoms with Crippen LogP contribution in [0.5, 0.6) is 11.6 Å². The molecular formula is C14H13BrClNO. The van der Waals surface area contributed by atoms with Gasteiger partial charge in [-0.05, 0) is 49.2 Å². The summed E-state index contributed by atoms with van der Waals surface area (Å²) in [6.07, 6.45) is 0. The van der Waals surface area contributed by atoms with Crippen LogP contribution in [0.1, 0.15) is 16.8 Å². The summed E-state index contributed by atoms with van der Waals surface area (Å²) in [6.45, 7) is 3.94. The molecule has 0 radical (unpaired) electrons. The standard InChI is InChI=1S/C14H13BrClNO/c1-9-5-12(3-4-13(9)15)18-14-7-11(8-16)6-10(2)17-14/h3-7H,8H2,1-2H3. The molecule has 0 amide bonds. The van der Waals surface area contributed by atoms with Gasteiger partial charge in [-0.2, -0.15) is 0 Å². The van der Waals surface area contributed by atoms with Gasteiger partial charge in [-0.25, -0.2) is 4.98 Å². The Bertz CT molecular complexity index is 572. The Morgan fingerprint density at radius 3 is 2.67 bits per heavy atom. The van der Waals surface area contributed by atoms with Gasteiger partial charge in [-0.15, -0.1) is 11.6 Å². The maximum atomic E-state index is 5.83. The van der Waals surface area contributed by atoms with Crippen molar-refractivity contribution in [2.24, 2.45) is 0 Å². The lowest BCUT2D eigenvalue weighted by atomic mass is 10.2. The van der Waals surface area contributed by atoms with Crippen molar-refractivity contribution in [3.05, 3.63) is 51.6 Å². The van der Waals surface area contributed by atoms with E-state index >= 15 is 0 Å². The second kappa shape index (κ2) is 5.72. The van der Waals surface area contributed by atoms with Crippen LogP contribution in [0.25, 0.3) is 0 Å². The van der Waals surface area contributed by atoms with E-state index in [0.29, 0.717) is 11.8 Å². The number of benzene rings is 1. The van der Waals surface area contributed by atoms with E-state index in [2.05, 4.69) is 20.9 Å². The van der Waals surface area contributed by atoms with Crippen LogP contribution in [0, 0.1) is 13.8 Å². The molecule has 0 aliphatic rings. The van der Waals surface area contributed by atoms with Gasteiger partial charge in [0.15, 0.2) is 0 Å². The Morgan fingerprint density at radius 1 is 1.22 bits per heavy atom. The predicted molar refractivity (Wildman–Crippen MR) is 77.5 cm³/mol. The SMILES string of the molecule is Cc1cc(CCl)cc(Oc2ccc(Br)c(C)c2)n1. The maximum absolute atomic E-state index is 5.83. The van der Waals surface area contributed by atoms with E-state index in [9.17, 15) is 0 Å². The van der Waals surface area contributed by atoms with Crippen molar-refractivity contribution in [1.82, 2.24) is 4.98 Å². The fourth-order valence-electron chi connectivity index (χ4n) is 1.64. The molecule has 0 spiro atoms. The van der Waals surface area contributed by atoms with Gasteiger partial charge in [-0.3, -0.25) is 0 Å². The minimum Gasteiger partial charge on any atom is -0.439 e. The number of ether oxygens (including phenoxy) is 1. The van der Waals surface area contributed by atoms with E-state index in [1.807, 2.05) is 44.2 Å². The Morgan fingerprint density at radius 2 is 2.00 bits per heavy atom. The van der Waals surface area contributed by atoms with Crippen LogP contribution in [0.2, 0.25) is 0 Å². The maximum Gasteiger partial charge on any atom is 0.219 e. The first-order valence-electron chi connectivity index (χ1n) is 5.56. The van der Waals surface area contributed by atoms with Crippen molar-refractivity contribution in [2.45, 2.75) is 19.7 Å². The first kappa shape index (κ1) is 13.4. The quantitative estimate of drug-likeness (QED) is 0.741. The number of hydrogen-bond acceptors (Lipinski definition) is 2. The molecule has 0 aliphatic carbocycles. The molecule has 2 nitrogen and oxygen atoms in total. The molecule has 94 valence electrons. The summed E-state index contributed by atoms with van der Waals surface area (Å²) in [7, 11) is 0. The number of hydrogen-bond donors (Lipinski definition) is 0. The summed E-state index contributed by atoms with van der Waals surface area (Å²) in [5.74, 6) is 1.81. The zero-order valence-electron chi connectivity index (χ0n) is 10.2. The van der Waals surface area contributed by atoms with Gasteiger partial charge >= 0.3 is 0 Å². The topological polar surface area (TPSA) is 22.1 Å².